The molecule has 3 aromatic carbocycles. The van der Waals surface area contributed by atoms with E-state index >= 15 is 0 Å². The Morgan fingerprint density at radius 2 is 1.81 bits per heavy atom. The Bertz CT molecular complexity index is 1210. The molecule has 1 heterocycles. The zero-order valence-corrected chi connectivity index (χ0v) is 17.6. The molecule has 5 nitrogen and oxygen atoms in total. The van der Waals surface area contributed by atoms with Crippen molar-refractivity contribution in [2.45, 2.75) is 39.2 Å². The first-order chi connectivity index (χ1) is 15.1. The van der Waals surface area contributed by atoms with Gasteiger partial charge in [0, 0.05) is 6.42 Å². The Morgan fingerprint density at radius 3 is 2.52 bits per heavy atom. The zero-order chi connectivity index (χ0) is 21.8. The summed E-state index contributed by atoms with van der Waals surface area (Å²) >= 11 is 0. The summed E-state index contributed by atoms with van der Waals surface area (Å²) in [5.74, 6) is 0.0501. The van der Waals surface area contributed by atoms with Crippen molar-refractivity contribution in [1.82, 2.24) is 9.97 Å². The summed E-state index contributed by atoms with van der Waals surface area (Å²) in [6, 6.07) is 19.0. The molecule has 0 unspecified atom stereocenters. The van der Waals surface area contributed by atoms with Crippen LogP contribution >= 0.6 is 0 Å². The van der Waals surface area contributed by atoms with E-state index in [4.69, 9.17) is 4.98 Å². The predicted molar refractivity (Wildman–Crippen MR) is 122 cm³/mol. The summed E-state index contributed by atoms with van der Waals surface area (Å²) in [7, 11) is 0. The quantitative estimate of drug-likeness (QED) is 0.363. The molecule has 31 heavy (non-hydrogen) atoms. The van der Waals surface area contributed by atoms with Crippen LogP contribution in [0.25, 0.3) is 22.2 Å². The van der Waals surface area contributed by atoms with E-state index in [0.29, 0.717) is 17.5 Å². The standard InChI is InChI=1S/C26H26N2O3/c1-2-3-8-24-27-23-15-18(16-29)14-20(25(23)28-24)13-17-9-11-19(12-10-17)21-6-4-5-7-22(21)26(30)31/h4-7,9-12,14-15,29H,2-3,8,13,16H2,1H3,(H,27,28)(H,30,31). The molecule has 1 aromatic heterocycles. The SMILES string of the molecule is CCCCc1nc2c(Cc3ccc(-c4ccccc4C(=O)O)cc3)cc(CO)cc2[nH]1. The van der Waals surface area contributed by atoms with E-state index in [9.17, 15) is 15.0 Å². The summed E-state index contributed by atoms with van der Waals surface area (Å²) in [4.78, 5) is 19.7. The van der Waals surface area contributed by atoms with Gasteiger partial charge in [-0.2, -0.15) is 0 Å². The van der Waals surface area contributed by atoms with Crippen molar-refractivity contribution in [3.63, 3.8) is 0 Å². The van der Waals surface area contributed by atoms with E-state index in [2.05, 4.69) is 11.9 Å². The first-order valence-corrected chi connectivity index (χ1v) is 10.6. The normalized spacial score (nSPS) is 11.2. The van der Waals surface area contributed by atoms with Gasteiger partial charge in [-0.3, -0.25) is 0 Å². The molecule has 0 aliphatic heterocycles. The Morgan fingerprint density at radius 1 is 1.03 bits per heavy atom. The van der Waals surface area contributed by atoms with E-state index in [0.717, 1.165) is 58.4 Å². The van der Waals surface area contributed by atoms with Crippen LogP contribution in [0.5, 0.6) is 0 Å². The van der Waals surface area contributed by atoms with Crippen molar-refractivity contribution in [3.8, 4) is 11.1 Å². The van der Waals surface area contributed by atoms with Crippen molar-refractivity contribution in [3.05, 3.63) is 88.7 Å². The third kappa shape index (κ3) is 4.52. The first kappa shape index (κ1) is 20.8. The number of fused-ring (bicyclic) bond motifs is 1. The Kier molecular flexibility index (Phi) is 6.14. The number of carboxylic acids is 1. The molecule has 0 spiro atoms. The summed E-state index contributed by atoms with van der Waals surface area (Å²) in [6.45, 7) is 2.15. The van der Waals surface area contributed by atoms with Crippen molar-refractivity contribution in [2.24, 2.45) is 0 Å². The molecule has 4 rings (SSSR count). The minimum atomic E-state index is -0.930. The molecule has 0 aliphatic carbocycles. The van der Waals surface area contributed by atoms with Crippen molar-refractivity contribution >= 4 is 17.0 Å². The molecule has 5 heteroatoms. The van der Waals surface area contributed by atoms with Gasteiger partial charge in [0.15, 0.2) is 0 Å². The van der Waals surface area contributed by atoms with Crippen LogP contribution in [0.1, 0.15) is 52.6 Å². The summed E-state index contributed by atoms with van der Waals surface area (Å²) in [6.07, 6.45) is 3.80. The lowest BCUT2D eigenvalue weighted by molar-refractivity contribution is 0.0697. The van der Waals surface area contributed by atoms with E-state index in [-0.39, 0.29) is 6.61 Å². The Labute approximate surface area is 181 Å². The zero-order valence-electron chi connectivity index (χ0n) is 17.6. The number of nitrogens with one attached hydrogen (secondary N) is 1. The lowest BCUT2D eigenvalue weighted by Crippen LogP contribution is -1.99. The van der Waals surface area contributed by atoms with Gasteiger partial charge >= 0.3 is 5.97 Å². The number of rotatable bonds is 8. The third-order valence-electron chi connectivity index (χ3n) is 5.54. The molecule has 0 atom stereocenters. The van der Waals surface area contributed by atoms with Crippen LogP contribution in [0, 0.1) is 0 Å². The average Bonchev–Trinajstić information content (AvgIpc) is 3.21. The van der Waals surface area contributed by atoms with Gasteiger partial charge in [0.1, 0.15) is 5.82 Å². The van der Waals surface area contributed by atoms with Gasteiger partial charge in [0.25, 0.3) is 0 Å². The minimum Gasteiger partial charge on any atom is -0.478 e. The van der Waals surface area contributed by atoms with Gasteiger partial charge in [-0.1, -0.05) is 61.9 Å². The molecule has 0 fully saturated rings. The summed E-state index contributed by atoms with van der Waals surface area (Å²) in [5, 5.41) is 19.1. The number of aliphatic hydroxyl groups excluding tert-OH is 1. The number of benzene rings is 3. The second kappa shape index (κ2) is 9.14. The highest BCUT2D eigenvalue weighted by Crippen LogP contribution is 2.27. The average molecular weight is 415 g/mol. The van der Waals surface area contributed by atoms with Crippen LogP contribution in [-0.2, 0) is 19.4 Å². The van der Waals surface area contributed by atoms with E-state index < -0.39 is 5.97 Å². The maximum Gasteiger partial charge on any atom is 0.336 e. The number of carbonyl (C=O) groups is 1. The molecule has 158 valence electrons. The Balaban J connectivity index is 1.65. The highest BCUT2D eigenvalue weighted by molar-refractivity contribution is 5.96. The second-order valence-electron chi connectivity index (χ2n) is 7.82. The fourth-order valence-corrected chi connectivity index (χ4v) is 3.94. The smallest absolute Gasteiger partial charge is 0.336 e. The van der Waals surface area contributed by atoms with Crippen LogP contribution in [0.15, 0.2) is 60.7 Å². The third-order valence-corrected chi connectivity index (χ3v) is 5.54. The van der Waals surface area contributed by atoms with Gasteiger partial charge in [-0.15, -0.1) is 0 Å². The fourth-order valence-electron chi connectivity index (χ4n) is 3.94. The highest BCUT2D eigenvalue weighted by Gasteiger charge is 2.13. The summed E-state index contributed by atoms with van der Waals surface area (Å²) < 4.78 is 0. The number of carboxylic acid groups (broad SMARTS) is 1. The second-order valence-corrected chi connectivity index (χ2v) is 7.82. The molecular weight excluding hydrogens is 388 g/mol. The van der Waals surface area contributed by atoms with Crippen LogP contribution in [0.3, 0.4) is 0 Å². The van der Waals surface area contributed by atoms with Crippen LogP contribution in [0.4, 0.5) is 0 Å². The highest BCUT2D eigenvalue weighted by atomic mass is 16.4. The molecule has 4 aromatic rings. The molecule has 0 bridgehead atoms. The molecule has 0 radical (unpaired) electrons. The fraction of sp³-hybridized carbons (Fsp3) is 0.231. The molecule has 0 amide bonds. The van der Waals surface area contributed by atoms with Gasteiger partial charge in [0.2, 0.25) is 0 Å². The van der Waals surface area contributed by atoms with Gasteiger partial charge < -0.3 is 15.2 Å². The van der Waals surface area contributed by atoms with Gasteiger partial charge in [0.05, 0.1) is 23.2 Å². The van der Waals surface area contributed by atoms with Crippen molar-refractivity contribution in [1.29, 1.82) is 0 Å². The number of aryl methyl sites for hydroxylation is 1. The lowest BCUT2D eigenvalue weighted by Gasteiger charge is -2.09. The lowest BCUT2D eigenvalue weighted by atomic mass is 9.96. The number of hydrogen-bond donors (Lipinski definition) is 3. The van der Waals surface area contributed by atoms with Gasteiger partial charge in [-0.25, -0.2) is 9.78 Å². The van der Waals surface area contributed by atoms with E-state index in [1.165, 1.54) is 0 Å². The van der Waals surface area contributed by atoms with Crippen LogP contribution in [-0.4, -0.2) is 26.2 Å². The number of nitrogens with zero attached hydrogens (tertiary/aromatic N) is 1. The number of aromatic amines is 1. The summed E-state index contributed by atoms with van der Waals surface area (Å²) in [5.41, 5.74) is 6.81. The van der Waals surface area contributed by atoms with Crippen molar-refractivity contribution < 1.29 is 15.0 Å². The molecule has 3 N–H and O–H groups in total. The molecular formula is C26H26N2O3. The number of imidazole rings is 1. The van der Waals surface area contributed by atoms with Gasteiger partial charge in [-0.05, 0) is 52.8 Å². The maximum atomic E-state index is 11.5. The van der Waals surface area contributed by atoms with Crippen molar-refractivity contribution in [2.75, 3.05) is 0 Å². The minimum absolute atomic E-state index is 0.0167. The number of aliphatic hydroxyl groups is 1. The Hall–Kier alpha value is -3.44. The number of aromatic nitrogens is 2. The monoisotopic (exact) mass is 414 g/mol. The molecule has 0 saturated heterocycles. The number of hydrogen-bond acceptors (Lipinski definition) is 3. The van der Waals surface area contributed by atoms with E-state index in [1.54, 1.807) is 12.1 Å². The van der Waals surface area contributed by atoms with Crippen LogP contribution in [0.2, 0.25) is 0 Å². The molecule has 0 saturated carbocycles. The molecule has 0 aliphatic rings. The first-order valence-electron chi connectivity index (χ1n) is 10.6. The van der Waals surface area contributed by atoms with E-state index in [1.807, 2.05) is 48.5 Å². The van der Waals surface area contributed by atoms with Crippen LogP contribution < -0.4 is 0 Å². The number of aromatic carboxylic acids is 1. The largest absolute Gasteiger partial charge is 0.478 e. The number of unbranched alkanes of at least 4 members (excludes halogenated alkanes) is 1. The maximum absolute atomic E-state index is 11.5. The predicted octanol–water partition coefficient (Wildman–Crippen LogP) is 5.35. The number of H-pyrrole nitrogens is 1. The topological polar surface area (TPSA) is 86.2 Å².